The molecule has 0 unspecified atom stereocenters. The Bertz CT molecular complexity index is 781. The van der Waals surface area contributed by atoms with Crippen LogP contribution < -0.4 is 4.74 Å². The van der Waals surface area contributed by atoms with Crippen LogP contribution in [0.4, 0.5) is 0 Å². The summed E-state index contributed by atoms with van der Waals surface area (Å²) in [5.41, 5.74) is 2.76. The van der Waals surface area contributed by atoms with E-state index in [1.807, 2.05) is 61.5 Å². The van der Waals surface area contributed by atoms with Gasteiger partial charge in [0.2, 0.25) is 0 Å². The highest BCUT2D eigenvalue weighted by molar-refractivity contribution is 5.85. The lowest BCUT2D eigenvalue weighted by molar-refractivity contribution is -0.147. The van der Waals surface area contributed by atoms with Gasteiger partial charge < -0.3 is 9.64 Å². The van der Waals surface area contributed by atoms with Crippen LogP contribution in [0.1, 0.15) is 30.5 Å². The van der Waals surface area contributed by atoms with Gasteiger partial charge in [0.1, 0.15) is 5.75 Å². The molecule has 0 N–H and O–H groups in total. The average molecular weight is 367 g/mol. The number of amides is 1. The summed E-state index contributed by atoms with van der Waals surface area (Å²) >= 11 is 0. The molecule has 1 aromatic heterocycles. The second-order valence-corrected chi connectivity index (χ2v) is 7.78. The fourth-order valence-corrected chi connectivity index (χ4v) is 3.35. The largest absolute Gasteiger partial charge is 0.478 e. The molecule has 1 saturated heterocycles. The van der Waals surface area contributed by atoms with Crippen molar-refractivity contribution in [1.82, 2.24) is 14.8 Å². The van der Waals surface area contributed by atoms with E-state index in [0.717, 1.165) is 38.5 Å². The van der Waals surface area contributed by atoms with Gasteiger partial charge in [-0.3, -0.25) is 14.7 Å². The van der Waals surface area contributed by atoms with Crippen molar-refractivity contribution in [2.24, 2.45) is 0 Å². The molecule has 0 spiro atoms. The maximum absolute atomic E-state index is 13.0. The van der Waals surface area contributed by atoms with Crippen molar-refractivity contribution in [3.63, 3.8) is 0 Å². The monoisotopic (exact) mass is 367 g/mol. The lowest BCUT2D eigenvalue weighted by Gasteiger charge is -2.38. The molecule has 0 atom stereocenters. The lowest BCUT2D eigenvalue weighted by Crippen LogP contribution is -2.55. The Balaban J connectivity index is 1.56. The van der Waals surface area contributed by atoms with Crippen molar-refractivity contribution < 1.29 is 9.53 Å². The third-order valence-electron chi connectivity index (χ3n) is 5.18. The zero-order chi connectivity index (χ0) is 19.4. The maximum atomic E-state index is 13.0. The summed E-state index contributed by atoms with van der Waals surface area (Å²) in [7, 11) is 0. The SMILES string of the molecule is Cc1ccc(OC(C)(C)C(=O)N2CCN(Cc3ccncc3)CC2)cc1C. The molecular weight excluding hydrogens is 338 g/mol. The molecule has 0 bridgehead atoms. The van der Waals surface area contributed by atoms with Crippen LogP contribution in [-0.4, -0.2) is 52.5 Å². The molecule has 0 saturated carbocycles. The van der Waals surface area contributed by atoms with Gasteiger partial charge in [0.25, 0.3) is 5.91 Å². The second kappa shape index (κ2) is 8.09. The molecule has 2 aromatic rings. The minimum absolute atomic E-state index is 0.0456. The van der Waals surface area contributed by atoms with Crippen molar-refractivity contribution in [2.45, 2.75) is 39.8 Å². The van der Waals surface area contributed by atoms with Gasteiger partial charge in [0.15, 0.2) is 5.60 Å². The summed E-state index contributed by atoms with van der Waals surface area (Å²) in [6.07, 6.45) is 3.64. The van der Waals surface area contributed by atoms with Gasteiger partial charge in [-0.15, -0.1) is 0 Å². The first kappa shape index (κ1) is 19.4. The average Bonchev–Trinajstić information content (AvgIpc) is 2.65. The van der Waals surface area contributed by atoms with Crippen LogP contribution in [0.25, 0.3) is 0 Å². The minimum atomic E-state index is -0.880. The van der Waals surface area contributed by atoms with Gasteiger partial charge in [-0.25, -0.2) is 0 Å². The fraction of sp³-hybridized carbons (Fsp3) is 0.455. The Morgan fingerprint density at radius 1 is 1.04 bits per heavy atom. The molecule has 1 fully saturated rings. The van der Waals surface area contributed by atoms with Crippen molar-refractivity contribution >= 4 is 5.91 Å². The fourth-order valence-electron chi connectivity index (χ4n) is 3.35. The summed E-state index contributed by atoms with van der Waals surface area (Å²) < 4.78 is 6.06. The molecular formula is C22H29N3O2. The summed E-state index contributed by atoms with van der Waals surface area (Å²) in [4.78, 5) is 21.4. The van der Waals surface area contributed by atoms with E-state index < -0.39 is 5.60 Å². The molecule has 0 aliphatic carbocycles. The summed E-state index contributed by atoms with van der Waals surface area (Å²) in [6, 6.07) is 10.0. The second-order valence-electron chi connectivity index (χ2n) is 7.78. The van der Waals surface area contributed by atoms with Gasteiger partial charge in [-0.2, -0.15) is 0 Å². The number of carbonyl (C=O) groups excluding carboxylic acids is 1. The molecule has 0 radical (unpaired) electrons. The van der Waals surface area contributed by atoms with Crippen molar-refractivity contribution in [2.75, 3.05) is 26.2 Å². The maximum Gasteiger partial charge on any atom is 0.266 e. The number of aromatic nitrogens is 1. The van der Waals surface area contributed by atoms with Crippen LogP contribution in [0, 0.1) is 13.8 Å². The Morgan fingerprint density at radius 3 is 2.33 bits per heavy atom. The van der Waals surface area contributed by atoms with Crippen LogP contribution in [0.2, 0.25) is 0 Å². The van der Waals surface area contributed by atoms with E-state index >= 15 is 0 Å². The quantitative estimate of drug-likeness (QED) is 0.814. The Labute approximate surface area is 162 Å². The lowest BCUT2D eigenvalue weighted by atomic mass is 10.1. The van der Waals surface area contributed by atoms with Crippen LogP contribution in [0.5, 0.6) is 5.75 Å². The minimum Gasteiger partial charge on any atom is -0.478 e. The molecule has 1 aliphatic heterocycles. The Morgan fingerprint density at radius 2 is 1.70 bits per heavy atom. The summed E-state index contributed by atoms with van der Waals surface area (Å²) in [5, 5.41) is 0. The predicted octanol–water partition coefficient (Wildman–Crippen LogP) is 3.20. The van der Waals surface area contributed by atoms with Gasteiger partial charge in [-0.1, -0.05) is 6.07 Å². The number of piperazine rings is 1. The van der Waals surface area contributed by atoms with Crippen LogP contribution in [0.3, 0.4) is 0 Å². The van der Waals surface area contributed by atoms with Crippen LogP contribution >= 0.6 is 0 Å². The molecule has 2 heterocycles. The number of hydrogen-bond acceptors (Lipinski definition) is 4. The smallest absolute Gasteiger partial charge is 0.266 e. The van der Waals surface area contributed by atoms with E-state index in [4.69, 9.17) is 4.74 Å². The highest BCUT2D eigenvalue weighted by atomic mass is 16.5. The first-order valence-electron chi connectivity index (χ1n) is 9.52. The van der Waals surface area contributed by atoms with Crippen LogP contribution in [0.15, 0.2) is 42.7 Å². The van der Waals surface area contributed by atoms with E-state index in [0.29, 0.717) is 0 Å². The number of rotatable bonds is 5. The number of carbonyl (C=O) groups is 1. The highest BCUT2D eigenvalue weighted by Crippen LogP contribution is 2.23. The summed E-state index contributed by atoms with van der Waals surface area (Å²) in [6.45, 7) is 11.9. The predicted molar refractivity (Wildman–Crippen MR) is 107 cm³/mol. The number of benzene rings is 1. The van der Waals surface area contributed by atoms with E-state index in [1.165, 1.54) is 16.7 Å². The number of nitrogens with zero attached hydrogens (tertiary/aromatic N) is 3. The molecule has 1 amide bonds. The first-order chi connectivity index (χ1) is 12.8. The standard InChI is InChI=1S/C22H29N3O2/c1-17-5-6-20(15-18(17)2)27-22(3,4)21(26)25-13-11-24(12-14-25)16-19-7-9-23-10-8-19/h5-10,15H,11-14,16H2,1-4H3. The van der Waals surface area contributed by atoms with Gasteiger partial charge in [0.05, 0.1) is 0 Å². The van der Waals surface area contributed by atoms with E-state index in [2.05, 4.69) is 23.7 Å². The number of aryl methyl sites for hydroxylation is 2. The third-order valence-corrected chi connectivity index (χ3v) is 5.18. The molecule has 27 heavy (non-hydrogen) atoms. The first-order valence-corrected chi connectivity index (χ1v) is 9.52. The highest BCUT2D eigenvalue weighted by Gasteiger charge is 2.35. The zero-order valence-corrected chi connectivity index (χ0v) is 16.7. The van der Waals surface area contributed by atoms with Gasteiger partial charge >= 0.3 is 0 Å². The molecule has 144 valence electrons. The number of hydrogen-bond donors (Lipinski definition) is 0. The van der Waals surface area contributed by atoms with Crippen LogP contribution in [-0.2, 0) is 11.3 Å². The van der Waals surface area contributed by atoms with Crippen molar-refractivity contribution in [3.8, 4) is 5.75 Å². The van der Waals surface area contributed by atoms with Crippen molar-refractivity contribution in [3.05, 3.63) is 59.4 Å². The van der Waals surface area contributed by atoms with E-state index in [9.17, 15) is 4.79 Å². The normalized spacial score (nSPS) is 15.6. The molecule has 5 nitrogen and oxygen atoms in total. The van der Waals surface area contributed by atoms with Crippen molar-refractivity contribution in [1.29, 1.82) is 0 Å². The Kier molecular flexibility index (Phi) is 5.80. The molecule has 3 rings (SSSR count). The number of pyridine rings is 1. The Hall–Kier alpha value is -2.40. The summed E-state index contributed by atoms with van der Waals surface area (Å²) in [5.74, 6) is 0.789. The topological polar surface area (TPSA) is 45.7 Å². The molecule has 1 aromatic carbocycles. The van der Waals surface area contributed by atoms with Gasteiger partial charge in [0, 0.05) is 45.1 Å². The molecule has 5 heteroatoms. The van der Waals surface area contributed by atoms with E-state index in [1.54, 1.807) is 0 Å². The molecule has 1 aliphatic rings. The zero-order valence-electron chi connectivity index (χ0n) is 16.7. The third kappa shape index (κ3) is 4.86. The van der Waals surface area contributed by atoms with E-state index in [-0.39, 0.29) is 5.91 Å². The van der Waals surface area contributed by atoms with Gasteiger partial charge in [-0.05, 0) is 68.7 Å². The number of ether oxygens (including phenoxy) is 1.